The molecule has 0 aliphatic rings. The summed E-state index contributed by atoms with van der Waals surface area (Å²) in [6.07, 6.45) is -4.76. The molecule has 1 N–H and O–H groups in total. The van der Waals surface area contributed by atoms with Gasteiger partial charge in [0.25, 0.3) is 0 Å². The Morgan fingerprint density at radius 2 is 1.87 bits per heavy atom. The van der Waals surface area contributed by atoms with Crippen LogP contribution in [0.1, 0.15) is 13.8 Å². The smallest absolute Gasteiger partial charge is 0.465 e. The van der Waals surface area contributed by atoms with E-state index in [2.05, 4.69) is 10.1 Å². The van der Waals surface area contributed by atoms with Crippen molar-refractivity contribution < 1.29 is 32.2 Å². The number of halogens is 3. The molecule has 1 aromatic carbocycles. The maximum atomic E-state index is 12.0. The Kier molecular flexibility index (Phi) is 7.21. The van der Waals surface area contributed by atoms with Crippen LogP contribution < -0.4 is 10.1 Å². The molecule has 0 radical (unpaired) electrons. The number of hydrogen-bond acceptors (Lipinski definition) is 5. The first-order chi connectivity index (χ1) is 10.7. The monoisotopic (exact) mass is 351 g/mol. The van der Waals surface area contributed by atoms with Gasteiger partial charge in [-0.1, -0.05) is 0 Å². The second-order valence-corrected chi connectivity index (χ2v) is 5.65. The molecule has 9 heteroatoms. The van der Waals surface area contributed by atoms with Gasteiger partial charge in [0, 0.05) is 5.69 Å². The highest BCUT2D eigenvalue weighted by atomic mass is 32.2. The lowest BCUT2D eigenvalue weighted by Crippen LogP contribution is -2.24. The Bertz CT molecular complexity index is 534. The Morgan fingerprint density at radius 1 is 1.26 bits per heavy atom. The van der Waals surface area contributed by atoms with Gasteiger partial charge in [-0.25, -0.2) is 0 Å². The van der Waals surface area contributed by atoms with E-state index in [1.165, 1.54) is 12.1 Å². The third kappa shape index (κ3) is 7.78. The van der Waals surface area contributed by atoms with Gasteiger partial charge in [-0.2, -0.15) is 0 Å². The van der Waals surface area contributed by atoms with Gasteiger partial charge in [0.1, 0.15) is 5.75 Å². The molecule has 0 fully saturated rings. The molecule has 0 unspecified atom stereocenters. The quantitative estimate of drug-likeness (QED) is 0.764. The van der Waals surface area contributed by atoms with Gasteiger partial charge >= 0.3 is 12.3 Å². The zero-order valence-corrected chi connectivity index (χ0v) is 13.3. The fraction of sp³-hybridized carbons (Fsp3) is 0.429. The molecule has 0 saturated carbocycles. The lowest BCUT2D eigenvalue weighted by atomic mass is 10.3. The third-order valence-corrected chi connectivity index (χ3v) is 3.60. The maximum Gasteiger partial charge on any atom is 0.573 e. The van der Waals surface area contributed by atoms with Crippen LogP contribution in [0.25, 0.3) is 0 Å². The molecule has 128 valence electrons. The molecule has 5 nitrogen and oxygen atoms in total. The first-order valence-electron chi connectivity index (χ1n) is 6.65. The molecule has 0 aliphatic carbocycles. The van der Waals surface area contributed by atoms with Crippen LogP contribution in [0.3, 0.4) is 0 Å². The predicted molar refractivity (Wildman–Crippen MR) is 80.3 cm³/mol. The van der Waals surface area contributed by atoms with Gasteiger partial charge in [-0.05, 0) is 38.1 Å². The Balaban J connectivity index is 2.48. The number of anilines is 1. The van der Waals surface area contributed by atoms with Crippen molar-refractivity contribution in [1.29, 1.82) is 0 Å². The van der Waals surface area contributed by atoms with Gasteiger partial charge < -0.3 is 14.8 Å². The predicted octanol–water partition coefficient (Wildman–Crippen LogP) is 3.21. The van der Waals surface area contributed by atoms with Crippen LogP contribution in [-0.4, -0.2) is 35.8 Å². The minimum absolute atomic E-state index is 0.0424. The lowest BCUT2D eigenvalue weighted by Gasteiger charge is -2.12. The molecular weight excluding hydrogens is 335 g/mol. The molecule has 0 spiro atoms. The molecule has 1 rings (SSSR count). The second kappa shape index (κ2) is 8.66. The zero-order chi connectivity index (χ0) is 17.5. The highest BCUT2D eigenvalue weighted by Crippen LogP contribution is 2.24. The summed E-state index contributed by atoms with van der Waals surface area (Å²) >= 11 is 1.10. The van der Waals surface area contributed by atoms with Crippen molar-refractivity contribution in [1.82, 2.24) is 0 Å². The van der Waals surface area contributed by atoms with E-state index in [4.69, 9.17) is 4.74 Å². The first-order valence-corrected chi connectivity index (χ1v) is 7.70. The lowest BCUT2D eigenvalue weighted by molar-refractivity contribution is -0.274. The van der Waals surface area contributed by atoms with Crippen LogP contribution >= 0.6 is 11.8 Å². The van der Waals surface area contributed by atoms with E-state index in [9.17, 15) is 22.8 Å². The summed E-state index contributed by atoms with van der Waals surface area (Å²) in [6, 6.07) is 4.78. The van der Waals surface area contributed by atoms with Crippen LogP contribution in [0, 0.1) is 0 Å². The Morgan fingerprint density at radius 3 is 2.39 bits per heavy atom. The molecule has 1 aromatic rings. The number of carbonyl (C=O) groups is 2. The summed E-state index contributed by atoms with van der Waals surface area (Å²) in [7, 11) is 0. The fourth-order valence-corrected chi connectivity index (χ4v) is 2.13. The van der Waals surface area contributed by atoms with Crippen LogP contribution in [0.2, 0.25) is 0 Å². The van der Waals surface area contributed by atoms with Gasteiger partial charge in [-0.3, -0.25) is 9.59 Å². The summed E-state index contributed by atoms with van der Waals surface area (Å²) in [5.74, 6) is -1.12. The first kappa shape index (κ1) is 19.1. The number of carbonyl (C=O) groups excluding carboxylic acids is 2. The molecular formula is C14H16F3NO4S. The minimum Gasteiger partial charge on any atom is -0.465 e. The molecule has 1 amide bonds. The van der Waals surface area contributed by atoms with Gasteiger partial charge in [-0.15, -0.1) is 24.9 Å². The largest absolute Gasteiger partial charge is 0.573 e. The minimum atomic E-state index is -4.76. The maximum absolute atomic E-state index is 12.0. The van der Waals surface area contributed by atoms with E-state index in [1.54, 1.807) is 13.8 Å². The molecule has 0 saturated heterocycles. The average Bonchev–Trinajstić information content (AvgIpc) is 2.45. The van der Waals surface area contributed by atoms with E-state index in [0.717, 1.165) is 23.9 Å². The molecule has 0 aromatic heterocycles. The topological polar surface area (TPSA) is 64.6 Å². The van der Waals surface area contributed by atoms with Crippen molar-refractivity contribution in [3.63, 3.8) is 0 Å². The molecule has 0 bridgehead atoms. The summed E-state index contributed by atoms with van der Waals surface area (Å²) in [5.41, 5.74) is 0.327. The summed E-state index contributed by atoms with van der Waals surface area (Å²) in [5, 5.41) is 2.02. The molecule has 23 heavy (non-hydrogen) atoms. The van der Waals surface area contributed by atoms with Gasteiger partial charge in [0.05, 0.1) is 17.6 Å². The molecule has 1 atom stereocenters. The van der Waals surface area contributed by atoms with Crippen molar-refractivity contribution in [3.8, 4) is 5.75 Å². The van der Waals surface area contributed by atoms with Crippen LogP contribution in [0.15, 0.2) is 24.3 Å². The average molecular weight is 351 g/mol. The second-order valence-electron chi connectivity index (χ2n) is 4.32. The number of alkyl halides is 3. The van der Waals surface area contributed by atoms with Gasteiger partial charge in [0.15, 0.2) is 0 Å². The number of benzene rings is 1. The standard InChI is InChI=1S/C14H16F3NO4S/c1-3-21-12(19)8-23-9(2)13(20)18-10-4-6-11(7-5-10)22-14(15,16)17/h4-7,9H,3,8H2,1-2H3,(H,18,20)/t9-/m1/s1. The van der Waals surface area contributed by atoms with E-state index in [-0.39, 0.29) is 24.0 Å². The number of esters is 1. The van der Waals surface area contributed by atoms with E-state index in [1.807, 2.05) is 0 Å². The van der Waals surface area contributed by atoms with Crippen LogP contribution in [0.5, 0.6) is 5.75 Å². The van der Waals surface area contributed by atoms with Gasteiger partial charge in [0.2, 0.25) is 5.91 Å². The summed E-state index contributed by atoms with van der Waals surface area (Å²) in [6.45, 7) is 3.57. The van der Waals surface area contributed by atoms with Crippen molar-refractivity contribution in [2.24, 2.45) is 0 Å². The number of thioether (sulfide) groups is 1. The van der Waals surface area contributed by atoms with Crippen molar-refractivity contribution in [2.45, 2.75) is 25.5 Å². The van der Waals surface area contributed by atoms with Crippen LogP contribution in [-0.2, 0) is 14.3 Å². The zero-order valence-electron chi connectivity index (χ0n) is 12.5. The Labute approximate surface area is 135 Å². The third-order valence-electron chi connectivity index (χ3n) is 2.48. The number of amides is 1. The number of ether oxygens (including phenoxy) is 2. The Hall–Kier alpha value is -1.90. The van der Waals surface area contributed by atoms with Crippen molar-refractivity contribution >= 4 is 29.3 Å². The number of nitrogens with one attached hydrogen (secondary N) is 1. The van der Waals surface area contributed by atoms with E-state index < -0.39 is 17.6 Å². The SMILES string of the molecule is CCOC(=O)CS[C@H](C)C(=O)Nc1ccc(OC(F)(F)F)cc1. The summed E-state index contributed by atoms with van der Waals surface area (Å²) < 4.78 is 44.6. The summed E-state index contributed by atoms with van der Waals surface area (Å²) in [4.78, 5) is 23.1. The van der Waals surface area contributed by atoms with E-state index in [0.29, 0.717) is 5.69 Å². The van der Waals surface area contributed by atoms with Crippen LogP contribution in [0.4, 0.5) is 18.9 Å². The normalized spacial score (nSPS) is 12.4. The molecule has 0 heterocycles. The number of hydrogen-bond donors (Lipinski definition) is 1. The highest BCUT2D eigenvalue weighted by Gasteiger charge is 2.31. The highest BCUT2D eigenvalue weighted by molar-refractivity contribution is 8.01. The van der Waals surface area contributed by atoms with E-state index >= 15 is 0 Å². The fourth-order valence-electron chi connectivity index (χ4n) is 1.46. The molecule has 0 aliphatic heterocycles. The van der Waals surface area contributed by atoms with Crippen molar-refractivity contribution in [3.05, 3.63) is 24.3 Å². The van der Waals surface area contributed by atoms with Crippen molar-refractivity contribution in [2.75, 3.05) is 17.7 Å². The number of rotatable bonds is 7.